The molecule has 2 bridgehead atoms. The average molecular weight is 226 g/mol. The molecule has 0 unspecified atom stereocenters. The van der Waals surface area contributed by atoms with Crippen LogP contribution in [0.5, 0.6) is 0 Å². The molecule has 4 aliphatic carbocycles. The predicted molar refractivity (Wildman–Crippen MR) is 67.4 cm³/mol. The van der Waals surface area contributed by atoms with E-state index >= 15 is 0 Å². The van der Waals surface area contributed by atoms with Crippen LogP contribution in [0, 0.1) is 23.7 Å². The zero-order valence-electron chi connectivity index (χ0n) is 10.1. The number of ketones is 1. The highest BCUT2D eigenvalue weighted by Crippen LogP contribution is 2.54. The van der Waals surface area contributed by atoms with Crippen molar-refractivity contribution in [1.82, 2.24) is 0 Å². The third-order valence-corrected chi connectivity index (χ3v) is 5.08. The lowest BCUT2D eigenvalue weighted by atomic mass is 9.84. The molecule has 0 spiro atoms. The van der Waals surface area contributed by atoms with E-state index in [9.17, 15) is 4.79 Å². The summed E-state index contributed by atoms with van der Waals surface area (Å²) in [5.74, 6) is 2.52. The zero-order chi connectivity index (χ0) is 11.4. The standard InChI is InChI=1S/C16H18O/c17-16-14(10-4-2-1-3-5-10)9-13-11-6-7-12(8-11)15(13)16/h4,6-7,9,11-13,15H,1-3,5,8H2/t11-,12+,13+,15-/m1/s1. The molecule has 0 aromatic heterocycles. The van der Waals surface area contributed by atoms with Crippen LogP contribution >= 0.6 is 0 Å². The van der Waals surface area contributed by atoms with Crippen LogP contribution in [0.3, 0.4) is 0 Å². The molecule has 4 atom stereocenters. The van der Waals surface area contributed by atoms with Crippen molar-refractivity contribution < 1.29 is 4.79 Å². The third kappa shape index (κ3) is 1.28. The molecule has 0 saturated heterocycles. The molecule has 1 saturated carbocycles. The van der Waals surface area contributed by atoms with Gasteiger partial charge in [-0.3, -0.25) is 4.79 Å². The van der Waals surface area contributed by atoms with Gasteiger partial charge in [-0.05, 0) is 55.4 Å². The lowest BCUT2D eigenvalue weighted by Gasteiger charge is -2.18. The van der Waals surface area contributed by atoms with E-state index in [2.05, 4.69) is 24.3 Å². The maximum atomic E-state index is 12.5. The minimum Gasteiger partial charge on any atom is -0.294 e. The molecule has 0 amide bonds. The Morgan fingerprint density at radius 1 is 1.12 bits per heavy atom. The summed E-state index contributed by atoms with van der Waals surface area (Å²) in [6.45, 7) is 0. The average Bonchev–Trinajstić information content (AvgIpc) is 3.03. The number of fused-ring (bicyclic) bond motifs is 5. The maximum Gasteiger partial charge on any atom is 0.167 e. The van der Waals surface area contributed by atoms with Gasteiger partial charge in [0.25, 0.3) is 0 Å². The van der Waals surface area contributed by atoms with Crippen LogP contribution in [0.4, 0.5) is 0 Å². The molecule has 0 aliphatic heterocycles. The summed E-state index contributed by atoms with van der Waals surface area (Å²) in [7, 11) is 0. The third-order valence-electron chi connectivity index (χ3n) is 5.08. The van der Waals surface area contributed by atoms with Crippen LogP contribution < -0.4 is 0 Å². The van der Waals surface area contributed by atoms with Gasteiger partial charge in [0.15, 0.2) is 5.78 Å². The quantitative estimate of drug-likeness (QED) is 0.626. The topological polar surface area (TPSA) is 17.1 Å². The van der Waals surface area contributed by atoms with Crippen molar-refractivity contribution in [1.29, 1.82) is 0 Å². The van der Waals surface area contributed by atoms with Gasteiger partial charge < -0.3 is 0 Å². The number of allylic oxidation sites excluding steroid dienone is 6. The van der Waals surface area contributed by atoms with Gasteiger partial charge in [0.1, 0.15) is 0 Å². The Bertz CT molecular complexity index is 466. The Morgan fingerprint density at radius 3 is 2.76 bits per heavy atom. The second kappa shape index (κ2) is 3.44. The Labute approximate surface area is 102 Å². The van der Waals surface area contributed by atoms with E-state index in [4.69, 9.17) is 0 Å². The van der Waals surface area contributed by atoms with Gasteiger partial charge in [0, 0.05) is 11.5 Å². The normalized spacial score (nSPS) is 42.7. The Morgan fingerprint density at radius 2 is 2.00 bits per heavy atom. The van der Waals surface area contributed by atoms with E-state index in [0.29, 0.717) is 29.5 Å². The highest BCUT2D eigenvalue weighted by Gasteiger charge is 2.51. The highest BCUT2D eigenvalue weighted by molar-refractivity contribution is 6.04. The molecule has 17 heavy (non-hydrogen) atoms. The Kier molecular flexibility index (Phi) is 2.00. The minimum absolute atomic E-state index is 0.308. The molecule has 88 valence electrons. The summed E-state index contributed by atoms with van der Waals surface area (Å²) in [6.07, 6.45) is 15.3. The first-order valence-corrected chi connectivity index (χ1v) is 6.98. The van der Waals surface area contributed by atoms with Crippen LogP contribution in [-0.4, -0.2) is 5.78 Å². The second-order valence-electron chi connectivity index (χ2n) is 5.97. The minimum atomic E-state index is 0.308. The molecular formula is C16H18O. The molecule has 1 nitrogen and oxygen atoms in total. The number of rotatable bonds is 1. The van der Waals surface area contributed by atoms with E-state index in [1.54, 1.807) is 0 Å². The van der Waals surface area contributed by atoms with Gasteiger partial charge in [-0.15, -0.1) is 0 Å². The van der Waals surface area contributed by atoms with Crippen molar-refractivity contribution >= 4 is 5.78 Å². The molecule has 0 aromatic rings. The summed E-state index contributed by atoms with van der Waals surface area (Å²) in [4.78, 5) is 12.5. The van der Waals surface area contributed by atoms with E-state index in [1.165, 1.54) is 31.3 Å². The lowest BCUT2D eigenvalue weighted by Crippen LogP contribution is -2.21. The van der Waals surface area contributed by atoms with Crippen molar-refractivity contribution in [3.8, 4) is 0 Å². The first kappa shape index (κ1) is 9.87. The molecular weight excluding hydrogens is 208 g/mol. The SMILES string of the molecule is O=C1C(C2=CCCCC2)=C[C@@H]2[C@H]1[C@H]1C=C[C@@H]2C1. The fourth-order valence-corrected chi connectivity index (χ4v) is 4.26. The number of hydrogen-bond donors (Lipinski definition) is 0. The van der Waals surface area contributed by atoms with Crippen LogP contribution in [-0.2, 0) is 4.79 Å². The number of hydrogen-bond acceptors (Lipinski definition) is 1. The largest absolute Gasteiger partial charge is 0.294 e. The highest BCUT2D eigenvalue weighted by atomic mass is 16.1. The Hall–Kier alpha value is -1.11. The second-order valence-corrected chi connectivity index (χ2v) is 5.97. The summed E-state index contributed by atoms with van der Waals surface area (Å²) in [5, 5.41) is 0. The van der Waals surface area contributed by atoms with Crippen LogP contribution in [0.2, 0.25) is 0 Å². The van der Waals surface area contributed by atoms with Gasteiger partial charge in [-0.25, -0.2) is 0 Å². The zero-order valence-corrected chi connectivity index (χ0v) is 10.1. The molecule has 0 radical (unpaired) electrons. The maximum absolute atomic E-state index is 12.5. The smallest absolute Gasteiger partial charge is 0.167 e. The number of carbonyl (C=O) groups is 1. The molecule has 1 heteroatoms. The van der Waals surface area contributed by atoms with Crippen LogP contribution in [0.1, 0.15) is 32.1 Å². The monoisotopic (exact) mass is 226 g/mol. The van der Waals surface area contributed by atoms with E-state index in [0.717, 1.165) is 12.0 Å². The van der Waals surface area contributed by atoms with Gasteiger partial charge in [0.05, 0.1) is 0 Å². The summed E-state index contributed by atoms with van der Waals surface area (Å²) in [5.41, 5.74) is 2.45. The van der Waals surface area contributed by atoms with E-state index in [-0.39, 0.29) is 0 Å². The molecule has 0 N–H and O–H groups in total. The van der Waals surface area contributed by atoms with Crippen molar-refractivity contribution in [2.75, 3.05) is 0 Å². The molecule has 4 rings (SSSR count). The van der Waals surface area contributed by atoms with Crippen molar-refractivity contribution in [2.45, 2.75) is 32.1 Å². The number of Topliss-reactive ketones (excluding diaryl/α,β-unsaturated/α-hetero) is 1. The fraction of sp³-hybridized carbons (Fsp3) is 0.562. The first-order chi connectivity index (χ1) is 8.34. The van der Waals surface area contributed by atoms with Gasteiger partial charge in [-0.1, -0.05) is 24.3 Å². The molecule has 4 aliphatic rings. The lowest BCUT2D eigenvalue weighted by molar-refractivity contribution is -0.119. The van der Waals surface area contributed by atoms with Crippen molar-refractivity contribution in [3.05, 3.63) is 35.5 Å². The van der Waals surface area contributed by atoms with Crippen molar-refractivity contribution in [3.63, 3.8) is 0 Å². The van der Waals surface area contributed by atoms with Crippen molar-refractivity contribution in [2.24, 2.45) is 23.7 Å². The van der Waals surface area contributed by atoms with Gasteiger partial charge in [0.2, 0.25) is 0 Å². The fourth-order valence-electron chi connectivity index (χ4n) is 4.26. The Balaban J connectivity index is 1.69. The van der Waals surface area contributed by atoms with Gasteiger partial charge >= 0.3 is 0 Å². The number of carbonyl (C=O) groups excluding carboxylic acids is 1. The summed E-state index contributed by atoms with van der Waals surface area (Å²) in [6, 6.07) is 0. The first-order valence-electron chi connectivity index (χ1n) is 6.98. The molecule has 1 fully saturated rings. The molecule has 0 aromatic carbocycles. The summed E-state index contributed by atoms with van der Waals surface area (Å²) >= 11 is 0. The van der Waals surface area contributed by atoms with E-state index in [1.807, 2.05) is 0 Å². The van der Waals surface area contributed by atoms with E-state index < -0.39 is 0 Å². The molecule has 0 heterocycles. The van der Waals surface area contributed by atoms with Crippen LogP contribution in [0.15, 0.2) is 35.5 Å². The predicted octanol–water partition coefficient (Wildman–Crippen LogP) is 3.43. The van der Waals surface area contributed by atoms with Crippen LogP contribution in [0.25, 0.3) is 0 Å². The summed E-state index contributed by atoms with van der Waals surface area (Å²) < 4.78 is 0. The van der Waals surface area contributed by atoms with Gasteiger partial charge in [-0.2, -0.15) is 0 Å².